The lowest BCUT2D eigenvalue weighted by Crippen LogP contribution is -2.20. The molecule has 5 nitrogen and oxygen atoms in total. The number of nitrogens with one attached hydrogen (secondary N) is 1. The summed E-state index contributed by atoms with van der Waals surface area (Å²) < 4.78 is 31.4. The molecule has 2 aromatic carbocycles. The number of rotatable bonds is 3. The normalized spacial score (nSPS) is 10.9. The van der Waals surface area contributed by atoms with E-state index < -0.39 is 23.2 Å². The van der Waals surface area contributed by atoms with Gasteiger partial charge in [0.15, 0.2) is 11.6 Å². The highest BCUT2D eigenvalue weighted by atomic mass is 19.2. The van der Waals surface area contributed by atoms with Crippen LogP contribution in [0.3, 0.4) is 0 Å². The molecule has 1 aromatic heterocycles. The average Bonchev–Trinajstić information content (AvgIpc) is 2.54. The van der Waals surface area contributed by atoms with E-state index >= 15 is 0 Å². The molecule has 0 radical (unpaired) electrons. The summed E-state index contributed by atoms with van der Waals surface area (Å²) >= 11 is 0. The molecule has 26 heavy (non-hydrogen) atoms. The fraction of sp³-hybridized carbons (Fsp3) is 0.158. The van der Waals surface area contributed by atoms with E-state index in [2.05, 4.69) is 5.32 Å². The first-order valence-corrected chi connectivity index (χ1v) is 7.77. The summed E-state index contributed by atoms with van der Waals surface area (Å²) in [6.45, 7) is 3.35. The Bertz CT molecular complexity index is 1090. The van der Waals surface area contributed by atoms with Crippen molar-refractivity contribution in [1.29, 1.82) is 0 Å². The Morgan fingerprint density at radius 1 is 1.15 bits per heavy atom. The Balaban J connectivity index is 1.94. The molecule has 3 rings (SSSR count). The first-order valence-electron chi connectivity index (χ1n) is 7.77. The van der Waals surface area contributed by atoms with Crippen LogP contribution >= 0.6 is 0 Å². The van der Waals surface area contributed by atoms with Crippen LogP contribution in [-0.2, 0) is 11.2 Å². The molecule has 0 fully saturated rings. The van der Waals surface area contributed by atoms with E-state index in [1.165, 1.54) is 12.1 Å². The van der Waals surface area contributed by atoms with Crippen LogP contribution in [0.25, 0.3) is 11.0 Å². The number of phenolic OH excluding ortho intramolecular Hbond substituents is 1. The maximum absolute atomic E-state index is 13.2. The fourth-order valence-corrected chi connectivity index (χ4v) is 2.80. The fourth-order valence-electron chi connectivity index (χ4n) is 2.80. The van der Waals surface area contributed by atoms with Gasteiger partial charge in [-0.1, -0.05) is 0 Å². The number of anilines is 1. The van der Waals surface area contributed by atoms with Crippen LogP contribution < -0.4 is 10.9 Å². The number of aryl methyl sites for hydroxylation is 2. The molecular weight excluding hydrogens is 344 g/mol. The predicted molar refractivity (Wildman–Crippen MR) is 92.3 cm³/mol. The molecule has 0 saturated carbocycles. The highest BCUT2D eigenvalue weighted by Gasteiger charge is 2.18. The van der Waals surface area contributed by atoms with Crippen molar-refractivity contribution in [3.8, 4) is 5.75 Å². The maximum Gasteiger partial charge on any atom is 0.340 e. The van der Waals surface area contributed by atoms with Crippen LogP contribution in [0.5, 0.6) is 5.75 Å². The van der Waals surface area contributed by atoms with Crippen LogP contribution in [-0.4, -0.2) is 11.0 Å². The minimum absolute atomic E-state index is 0.0523. The monoisotopic (exact) mass is 359 g/mol. The van der Waals surface area contributed by atoms with Crippen molar-refractivity contribution >= 4 is 22.6 Å². The van der Waals surface area contributed by atoms with Crippen molar-refractivity contribution in [2.24, 2.45) is 0 Å². The summed E-state index contributed by atoms with van der Waals surface area (Å²) in [6.07, 6.45) is -0.337. The molecule has 134 valence electrons. The largest absolute Gasteiger partial charge is 0.507 e. The lowest BCUT2D eigenvalue weighted by molar-refractivity contribution is -0.115. The van der Waals surface area contributed by atoms with Gasteiger partial charge >= 0.3 is 5.63 Å². The molecule has 1 heterocycles. The van der Waals surface area contributed by atoms with Gasteiger partial charge < -0.3 is 14.8 Å². The number of benzene rings is 2. The lowest BCUT2D eigenvalue weighted by atomic mass is 10.0. The number of amides is 1. The summed E-state index contributed by atoms with van der Waals surface area (Å²) in [6, 6.07) is 6.09. The molecule has 7 heteroatoms. The molecular formula is C19H15F2NO4. The number of carbonyl (C=O) groups excluding carboxylic acids is 1. The van der Waals surface area contributed by atoms with E-state index in [0.717, 1.165) is 17.7 Å². The van der Waals surface area contributed by atoms with Gasteiger partial charge in [-0.05, 0) is 49.2 Å². The number of hydrogen-bond acceptors (Lipinski definition) is 4. The molecule has 0 atom stereocenters. The summed E-state index contributed by atoms with van der Waals surface area (Å²) in [5, 5.41) is 12.9. The van der Waals surface area contributed by atoms with E-state index in [0.29, 0.717) is 10.9 Å². The van der Waals surface area contributed by atoms with Crippen molar-refractivity contribution in [1.82, 2.24) is 0 Å². The van der Waals surface area contributed by atoms with Gasteiger partial charge in [-0.2, -0.15) is 0 Å². The molecule has 0 bridgehead atoms. The standard InChI is InChI=1S/C19H15F2NO4/c1-9-5-15(23)18-10(2)12(19(25)26-16(18)6-9)8-17(24)22-11-3-4-13(20)14(21)7-11/h3-7,23H,8H2,1-2H3,(H,22,24). The number of aromatic hydroxyl groups is 1. The third-order valence-electron chi connectivity index (χ3n) is 4.04. The van der Waals surface area contributed by atoms with Crippen molar-refractivity contribution in [3.63, 3.8) is 0 Å². The Labute approximate surface area is 146 Å². The second-order valence-electron chi connectivity index (χ2n) is 6.00. The predicted octanol–water partition coefficient (Wildman–Crippen LogP) is 3.57. The van der Waals surface area contributed by atoms with Gasteiger partial charge in [-0.25, -0.2) is 13.6 Å². The van der Waals surface area contributed by atoms with E-state index in [4.69, 9.17) is 4.42 Å². The second kappa shape index (κ2) is 6.59. The van der Waals surface area contributed by atoms with Crippen LogP contribution in [0.4, 0.5) is 14.5 Å². The molecule has 2 N–H and O–H groups in total. The van der Waals surface area contributed by atoms with E-state index in [-0.39, 0.29) is 29.0 Å². The van der Waals surface area contributed by atoms with Gasteiger partial charge in [0.2, 0.25) is 5.91 Å². The Morgan fingerprint density at radius 2 is 1.88 bits per heavy atom. The quantitative estimate of drug-likeness (QED) is 0.701. The summed E-state index contributed by atoms with van der Waals surface area (Å²) in [4.78, 5) is 24.4. The molecule has 0 spiro atoms. The molecule has 1 amide bonds. The minimum Gasteiger partial charge on any atom is -0.507 e. The van der Waals surface area contributed by atoms with Crippen LogP contribution in [0.15, 0.2) is 39.5 Å². The Kier molecular flexibility index (Phi) is 4.46. The zero-order valence-electron chi connectivity index (χ0n) is 14.0. The van der Waals surface area contributed by atoms with Gasteiger partial charge in [-0.3, -0.25) is 4.79 Å². The smallest absolute Gasteiger partial charge is 0.340 e. The average molecular weight is 359 g/mol. The lowest BCUT2D eigenvalue weighted by Gasteiger charge is -2.10. The van der Waals surface area contributed by atoms with Gasteiger partial charge in [-0.15, -0.1) is 0 Å². The van der Waals surface area contributed by atoms with Crippen molar-refractivity contribution in [2.75, 3.05) is 5.32 Å². The van der Waals surface area contributed by atoms with E-state index in [1.54, 1.807) is 19.9 Å². The molecule has 0 aliphatic carbocycles. The third kappa shape index (κ3) is 3.28. The van der Waals surface area contributed by atoms with Crippen LogP contribution in [0, 0.1) is 25.5 Å². The highest BCUT2D eigenvalue weighted by molar-refractivity contribution is 5.94. The number of fused-ring (bicyclic) bond motifs is 1. The van der Waals surface area contributed by atoms with Gasteiger partial charge in [0.25, 0.3) is 0 Å². The SMILES string of the molecule is Cc1cc(O)c2c(C)c(CC(=O)Nc3ccc(F)c(F)c3)c(=O)oc2c1. The first-order chi connectivity index (χ1) is 12.3. The summed E-state index contributed by atoms with van der Waals surface area (Å²) in [5.74, 6) is -2.77. The number of carbonyl (C=O) groups is 1. The summed E-state index contributed by atoms with van der Waals surface area (Å²) in [5.41, 5.74) is 0.831. The van der Waals surface area contributed by atoms with Crippen molar-refractivity contribution in [3.05, 3.63) is 69.1 Å². The van der Waals surface area contributed by atoms with Gasteiger partial charge in [0.05, 0.1) is 17.4 Å². The zero-order valence-corrected chi connectivity index (χ0v) is 14.0. The molecule has 0 unspecified atom stereocenters. The first kappa shape index (κ1) is 17.6. The van der Waals surface area contributed by atoms with Crippen molar-refractivity contribution < 1.29 is 23.1 Å². The number of phenols is 1. The van der Waals surface area contributed by atoms with Crippen LogP contribution in [0.1, 0.15) is 16.7 Å². The summed E-state index contributed by atoms with van der Waals surface area (Å²) in [7, 11) is 0. The molecule has 0 aliphatic heterocycles. The molecule has 3 aromatic rings. The third-order valence-corrected chi connectivity index (χ3v) is 4.04. The molecule has 0 aliphatic rings. The number of halogens is 2. The number of hydrogen-bond donors (Lipinski definition) is 2. The highest BCUT2D eigenvalue weighted by Crippen LogP contribution is 2.30. The topological polar surface area (TPSA) is 79.5 Å². The van der Waals surface area contributed by atoms with Crippen LogP contribution in [0.2, 0.25) is 0 Å². The Hall–Kier alpha value is -3.22. The zero-order chi connectivity index (χ0) is 19.0. The van der Waals surface area contributed by atoms with E-state index in [1.807, 2.05) is 0 Å². The van der Waals surface area contributed by atoms with E-state index in [9.17, 15) is 23.5 Å². The van der Waals surface area contributed by atoms with Gasteiger partial charge in [0, 0.05) is 11.8 Å². The Morgan fingerprint density at radius 3 is 2.58 bits per heavy atom. The molecule has 0 saturated heterocycles. The van der Waals surface area contributed by atoms with Gasteiger partial charge in [0.1, 0.15) is 11.3 Å². The maximum atomic E-state index is 13.2. The van der Waals surface area contributed by atoms with Crippen molar-refractivity contribution in [2.45, 2.75) is 20.3 Å². The second-order valence-corrected chi connectivity index (χ2v) is 6.00. The minimum atomic E-state index is -1.09.